The number of carbonyl (C=O) groups excluding carboxylic acids is 2. The van der Waals surface area contributed by atoms with E-state index in [4.69, 9.17) is 0 Å². The summed E-state index contributed by atoms with van der Waals surface area (Å²) in [6.45, 7) is 0.902. The van der Waals surface area contributed by atoms with Crippen LogP contribution in [0.4, 0.5) is 4.39 Å². The molecule has 0 spiro atoms. The number of rotatable bonds is 6. The first-order chi connectivity index (χ1) is 12.0. The van der Waals surface area contributed by atoms with Crippen LogP contribution in [0.25, 0.3) is 0 Å². The highest BCUT2D eigenvalue weighted by molar-refractivity contribution is 6.05. The molecule has 1 saturated heterocycles. The summed E-state index contributed by atoms with van der Waals surface area (Å²) in [5.41, 5.74) is 2.01. The summed E-state index contributed by atoms with van der Waals surface area (Å²) in [6, 6.07) is 15.6. The second-order valence-electron chi connectivity index (χ2n) is 6.38. The second-order valence-corrected chi connectivity index (χ2v) is 6.38. The Bertz CT molecular complexity index is 746. The smallest absolute Gasteiger partial charge is 0.247 e. The minimum atomic E-state index is -0.451. The molecule has 2 aromatic rings. The summed E-state index contributed by atoms with van der Waals surface area (Å²) in [7, 11) is 1.82. The Hall–Kier alpha value is -2.53. The van der Waals surface area contributed by atoms with E-state index in [1.807, 2.05) is 42.3 Å². The van der Waals surface area contributed by atoms with Crippen molar-refractivity contribution in [1.29, 1.82) is 0 Å². The molecule has 1 fully saturated rings. The molecule has 1 aliphatic rings. The Kier molecular flexibility index (Phi) is 5.24. The third kappa shape index (κ3) is 4.12. The topological polar surface area (TPSA) is 40.6 Å². The van der Waals surface area contributed by atoms with Crippen molar-refractivity contribution in [3.8, 4) is 0 Å². The van der Waals surface area contributed by atoms with Crippen molar-refractivity contribution >= 4 is 11.8 Å². The van der Waals surface area contributed by atoms with Gasteiger partial charge in [0.1, 0.15) is 5.82 Å². The molecule has 1 atom stereocenters. The predicted octanol–water partition coefficient (Wildman–Crippen LogP) is 2.63. The van der Waals surface area contributed by atoms with Gasteiger partial charge in [-0.2, -0.15) is 0 Å². The molecule has 0 N–H and O–H groups in total. The Morgan fingerprint density at radius 3 is 2.40 bits per heavy atom. The Balaban J connectivity index is 1.60. The van der Waals surface area contributed by atoms with Crippen LogP contribution in [-0.4, -0.2) is 41.2 Å². The van der Waals surface area contributed by atoms with Crippen molar-refractivity contribution in [2.45, 2.75) is 25.4 Å². The molecular weight excluding hydrogens is 319 g/mol. The van der Waals surface area contributed by atoms with Crippen molar-refractivity contribution in [3.05, 3.63) is 71.5 Å². The van der Waals surface area contributed by atoms with Gasteiger partial charge in [0, 0.05) is 13.1 Å². The van der Waals surface area contributed by atoms with Gasteiger partial charge in [-0.15, -0.1) is 0 Å². The van der Waals surface area contributed by atoms with Gasteiger partial charge in [0.25, 0.3) is 0 Å². The number of nitrogens with zero attached hydrogens (tertiary/aromatic N) is 2. The lowest BCUT2D eigenvalue weighted by atomic mass is 10.1. The third-order valence-electron chi connectivity index (χ3n) is 4.56. The number of likely N-dealkylation sites (N-methyl/N-ethyl adjacent to an activating group) is 1. The lowest BCUT2D eigenvalue weighted by Crippen LogP contribution is -2.40. The zero-order valence-electron chi connectivity index (χ0n) is 14.2. The van der Waals surface area contributed by atoms with Gasteiger partial charge in [-0.25, -0.2) is 4.39 Å². The van der Waals surface area contributed by atoms with E-state index >= 15 is 0 Å². The van der Waals surface area contributed by atoms with Crippen molar-refractivity contribution in [3.63, 3.8) is 0 Å². The fourth-order valence-corrected chi connectivity index (χ4v) is 3.12. The first-order valence-corrected chi connectivity index (χ1v) is 8.37. The number of hydrogen-bond donors (Lipinski definition) is 0. The number of imide groups is 1. The molecule has 0 aromatic heterocycles. The van der Waals surface area contributed by atoms with E-state index in [1.165, 1.54) is 17.0 Å². The molecular formula is C20H21FN2O2. The monoisotopic (exact) mass is 340 g/mol. The number of amides is 2. The van der Waals surface area contributed by atoms with Gasteiger partial charge in [0.15, 0.2) is 0 Å². The molecule has 0 radical (unpaired) electrons. The first kappa shape index (κ1) is 17.3. The van der Waals surface area contributed by atoms with Crippen molar-refractivity contribution in [2.24, 2.45) is 0 Å². The highest BCUT2D eigenvalue weighted by Crippen LogP contribution is 2.20. The quantitative estimate of drug-likeness (QED) is 0.759. The number of halogens is 1. The van der Waals surface area contributed by atoms with Gasteiger partial charge < -0.3 is 0 Å². The zero-order chi connectivity index (χ0) is 17.8. The minimum absolute atomic E-state index is 0.128. The van der Waals surface area contributed by atoms with Crippen LogP contribution in [0.5, 0.6) is 0 Å². The molecule has 5 heteroatoms. The first-order valence-electron chi connectivity index (χ1n) is 8.37. The van der Waals surface area contributed by atoms with Crippen LogP contribution >= 0.6 is 0 Å². The summed E-state index contributed by atoms with van der Waals surface area (Å²) in [5, 5.41) is 0. The van der Waals surface area contributed by atoms with Crippen LogP contribution in [0, 0.1) is 5.82 Å². The van der Waals surface area contributed by atoms with Crippen LogP contribution < -0.4 is 0 Å². The summed E-state index contributed by atoms with van der Waals surface area (Å²) in [6.07, 6.45) is 0.859. The van der Waals surface area contributed by atoms with Crippen LogP contribution in [0.15, 0.2) is 54.6 Å². The second kappa shape index (κ2) is 7.57. The lowest BCUT2D eigenvalue weighted by molar-refractivity contribution is -0.139. The summed E-state index contributed by atoms with van der Waals surface area (Å²) >= 11 is 0. The molecule has 4 nitrogen and oxygen atoms in total. The fourth-order valence-electron chi connectivity index (χ4n) is 3.12. The van der Waals surface area contributed by atoms with Gasteiger partial charge in [-0.05, 0) is 36.7 Å². The van der Waals surface area contributed by atoms with Crippen LogP contribution in [-0.2, 0) is 22.6 Å². The molecule has 2 aromatic carbocycles. The van der Waals surface area contributed by atoms with E-state index < -0.39 is 6.04 Å². The van der Waals surface area contributed by atoms with Gasteiger partial charge in [-0.3, -0.25) is 19.4 Å². The normalized spacial score (nSPS) is 17.6. The van der Waals surface area contributed by atoms with E-state index in [2.05, 4.69) is 0 Å². The molecule has 1 aliphatic heterocycles. The maximum atomic E-state index is 13.0. The number of hydrogen-bond acceptors (Lipinski definition) is 3. The van der Waals surface area contributed by atoms with Gasteiger partial charge in [0.05, 0.1) is 12.5 Å². The number of carbonyl (C=O) groups is 2. The van der Waals surface area contributed by atoms with E-state index in [0.717, 1.165) is 11.1 Å². The molecule has 0 unspecified atom stereocenters. The summed E-state index contributed by atoms with van der Waals surface area (Å²) < 4.78 is 13.0. The molecule has 0 bridgehead atoms. The van der Waals surface area contributed by atoms with E-state index in [9.17, 15) is 14.0 Å². The standard InChI is InChI=1S/C20H21FN2O2/c1-22(14-16-7-9-17(21)10-8-16)18-13-19(24)23(20(18)25)12-11-15-5-3-2-4-6-15/h2-10,18H,11-14H2,1H3/t18-/m0/s1. The highest BCUT2D eigenvalue weighted by atomic mass is 19.1. The number of benzene rings is 2. The van der Waals surface area contributed by atoms with Crippen LogP contribution in [0.2, 0.25) is 0 Å². The number of likely N-dealkylation sites (tertiary alicyclic amines) is 1. The average Bonchev–Trinajstić information content (AvgIpc) is 2.90. The Morgan fingerprint density at radius 2 is 1.72 bits per heavy atom. The van der Waals surface area contributed by atoms with Crippen molar-refractivity contribution in [2.75, 3.05) is 13.6 Å². The molecule has 130 valence electrons. The van der Waals surface area contributed by atoms with Crippen molar-refractivity contribution < 1.29 is 14.0 Å². The van der Waals surface area contributed by atoms with Gasteiger partial charge >= 0.3 is 0 Å². The molecule has 1 heterocycles. The van der Waals surface area contributed by atoms with E-state index in [0.29, 0.717) is 19.5 Å². The SMILES string of the molecule is CN(Cc1ccc(F)cc1)[C@H]1CC(=O)N(CCc2ccccc2)C1=O. The molecule has 25 heavy (non-hydrogen) atoms. The third-order valence-corrected chi connectivity index (χ3v) is 4.56. The molecule has 0 aliphatic carbocycles. The maximum Gasteiger partial charge on any atom is 0.247 e. The molecule has 0 saturated carbocycles. The lowest BCUT2D eigenvalue weighted by Gasteiger charge is -2.23. The minimum Gasteiger partial charge on any atom is -0.290 e. The largest absolute Gasteiger partial charge is 0.290 e. The molecule has 3 rings (SSSR count). The van der Waals surface area contributed by atoms with E-state index in [1.54, 1.807) is 12.1 Å². The summed E-state index contributed by atoms with van der Waals surface area (Å²) in [5.74, 6) is -0.562. The highest BCUT2D eigenvalue weighted by Gasteiger charge is 2.40. The van der Waals surface area contributed by atoms with Crippen LogP contribution in [0.1, 0.15) is 17.5 Å². The van der Waals surface area contributed by atoms with Gasteiger partial charge in [-0.1, -0.05) is 42.5 Å². The Morgan fingerprint density at radius 1 is 1.04 bits per heavy atom. The van der Waals surface area contributed by atoms with Gasteiger partial charge in [0.2, 0.25) is 11.8 Å². The summed E-state index contributed by atoms with van der Waals surface area (Å²) in [4.78, 5) is 28.1. The average molecular weight is 340 g/mol. The predicted molar refractivity (Wildman–Crippen MR) is 93.1 cm³/mol. The Labute approximate surface area is 146 Å². The maximum absolute atomic E-state index is 13.0. The zero-order valence-corrected chi connectivity index (χ0v) is 14.2. The van der Waals surface area contributed by atoms with E-state index in [-0.39, 0.29) is 24.1 Å². The fraction of sp³-hybridized carbons (Fsp3) is 0.300. The molecule has 2 amide bonds. The van der Waals surface area contributed by atoms with Crippen molar-refractivity contribution in [1.82, 2.24) is 9.80 Å². The van der Waals surface area contributed by atoms with Crippen LogP contribution in [0.3, 0.4) is 0 Å².